The average Bonchev–Trinajstić information content (AvgIpc) is 2.73. The Bertz CT molecular complexity index is 448. The molecule has 110 valence electrons. The number of benzene rings is 1. The number of carbonyl (C=O) groups excluding carboxylic acids is 1. The number of rotatable bonds is 4. The van der Waals surface area contributed by atoms with Crippen LogP contribution in [0.15, 0.2) is 24.3 Å². The number of methoxy groups -OCH3 is 1. The summed E-state index contributed by atoms with van der Waals surface area (Å²) in [5, 5.41) is 0. The number of hydrogen-bond donors (Lipinski definition) is 0. The molecule has 1 aliphatic heterocycles. The van der Waals surface area contributed by atoms with Crippen LogP contribution in [0, 0.1) is 0 Å². The first-order valence-corrected chi connectivity index (χ1v) is 7.34. The van der Waals surface area contributed by atoms with E-state index < -0.39 is 0 Å². The summed E-state index contributed by atoms with van der Waals surface area (Å²) in [4.78, 5) is 17.1. The van der Waals surface area contributed by atoms with Gasteiger partial charge in [0.15, 0.2) is 0 Å². The second kappa shape index (κ2) is 7.41. The Morgan fingerprint density at radius 2 is 2.00 bits per heavy atom. The minimum atomic E-state index is 0.135. The normalized spacial score (nSPS) is 17.0. The SMILES string of the molecule is CCN1CCCN(C(=O)c2ccccc2COC)CC1. The van der Waals surface area contributed by atoms with E-state index in [4.69, 9.17) is 4.74 Å². The maximum atomic E-state index is 12.7. The number of hydrogen-bond acceptors (Lipinski definition) is 3. The molecule has 1 aliphatic rings. The Hall–Kier alpha value is -1.39. The fraction of sp³-hybridized carbons (Fsp3) is 0.562. The van der Waals surface area contributed by atoms with E-state index in [0.29, 0.717) is 6.61 Å². The summed E-state index contributed by atoms with van der Waals surface area (Å²) in [6.45, 7) is 7.42. The molecule has 1 heterocycles. The number of ether oxygens (including phenoxy) is 1. The van der Waals surface area contributed by atoms with Crippen LogP contribution in [-0.2, 0) is 11.3 Å². The van der Waals surface area contributed by atoms with Gasteiger partial charge >= 0.3 is 0 Å². The van der Waals surface area contributed by atoms with Crippen LogP contribution >= 0.6 is 0 Å². The van der Waals surface area contributed by atoms with Gasteiger partial charge in [0.2, 0.25) is 0 Å². The lowest BCUT2D eigenvalue weighted by Crippen LogP contribution is -2.35. The molecule has 1 aromatic carbocycles. The molecule has 4 heteroatoms. The Morgan fingerprint density at radius 3 is 2.75 bits per heavy atom. The highest BCUT2D eigenvalue weighted by atomic mass is 16.5. The molecule has 0 atom stereocenters. The van der Waals surface area contributed by atoms with Gasteiger partial charge in [0.25, 0.3) is 5.91 Å². The van der Waals surface area contributed by atoms with Crippen LogP contribution < -0.4 is 0 Å². The number of amides is 1. The highest BCUT2D eigenvalue weighted by Crippen LogP contribution is 2.14. The lowest BCUT2D eigenvalue weighted by Gasteiger charge is -2.22. The van der Waals surface area contributed by atoms with Crippen molar-refractivity contribution in [1.82, 2.24) is 9.80 Å². The van der Waals surface area contributed by atoms with Gasteiger partial charge in [-0.2, -0.15) is 0 Å². The van der Waals surface area contributed by atoms with E-state index in [2.05, 4.69) is 11.8 Å². The van der Waals surface area contributed by atoms with Crippen LogP contribution in [0.2, 0.25) is 0 Å². The van der Waals surface area contributed by atoms with Gasteiger partial charge in [0.1, 0.15) is 0 Å². The lowest BCUT2D eigenvalue weighted by atomic mass is 10.1. The van der Waals surface area contributed by atoms with Crippen molar-refractivity contribution in [2.45, 2.75) is 20.0 Å². The summed E-state index contributed by atoms with van der Waals surface area (Å²) in [5.74, 6) is 0.135. The van der Waals surface area contributed by atoms with Crippen molar-refractivity contribution in [3.63, 3.8) is 0 Å². The monoisotopic (exact) mass is 276 g/mol. The van der Waals surface area contributed by atoms with Crippen LogP contribution in [0.3, 0.4) is 0 Å². The molecule has 4 nitrogen and oxygen atoms in total. The fourth-order valence-corrected chi connectivity index (χ4v) is 2.67. The van der Waals surface area contributed by atoms with Crippen LogP contribution in [0.4, 0.5) is 0 Å². The molecule has 0 aliphatic carbocycles. The fourth-order valence-electron chi connectivity index (χ4n) is 2.67. The summed E-state index contributed by atoms with van der Waals surface area (Å²) >= 11 is 0. The lowest BCUT2D eigenvalue weighted by molar-refractivity contribution is 0.0757. The van der Waals surface area contributed by atoms with E-state index in [1.807, 2.05) is 29.2 Å². The van der Waals surface area contributed by atoms with Crippen molar-refractivity contribution in [3.8, 4) is 0 Å². The van der Waals surface area contributed by atoms with Gasteiger partial charge < -0.3 is 14.5 Å². The highest BCUT2D eigenvalue weighted by molar-refractivity contribution is 5.95. The third-order valence-corrected chi connectivity index (χ3v) is 3.87. The molecule has 1 saturated heterocycles. The molecule has 0 unspecified atom stereocenters. The third kappa shape index (κ3) is 3.58. The zero-order valence-electron chi connectivity index (χ0n) is 12.5. The van der Waals surface area contributed by atoms with Crippen molar-refractivity contribution >= 4 is 5.91 Å². The van der Waals surface area contributed by atoms with Crippen LogP contribution in [0.5, 0.6) is 0 Å². The van der Waals surface area contributed by atoms with E-state index in [1.54, 1.807) is 7.11 Å². The summed E-state index contributed by atoms with van der Waals surface area (Å²) < 4.78 is 5.19. The first kappa shape index (κ1) is 15.0. The molecule has 0 aromatic heterocycles. The van der Waals surface area contributed by atoms with Gasteiger partial charge in [0.05, 0.1) is 6.61 Å². The highest BCUT2D eigenvalue weighted by Gasteiger charge is 2.21. The molecule has 0 saturated carbocycles. The molecule has 1 aromatic rings. The van der Waals surface area contributed by atoms with Crippen molar-refractivity contribution in [3.05, 3.63) is 35.4 Å². The predicted molar refractivity (Wildman–Crippen MR) is 79.8 cm³/mol. The topological polar surface area (TPSA) is 32.8 Å². The molecular weight excluding hydrogens is 252 g/mol. The Kier molecular flexibility index (Phi) is 5.56. The maximum absolute atomic E-state index is 12.7. The molecule has 20 heavy (non-hydrogen) atoms. The standard InChI is InChI=1S/C16H24N2O2/c1-3-17-9-6-10-18(12-11-17)16(19)15-8-5-4-7-14(15)13-20-2/h4-5,7-8H,3,6,9-13H2,1-2H3. The minimum absolute atomic E-state index is 0.135. The first-order valence-electron chi connectivity index (χ1n) is 7.34. The quantitative estimate of drug-likeness (QED) is 0.843. The molecule has 1 fully saturated rings. The van der Waals surface area contributed by atoms with Crippen LogP contribution in [-0.4, -0.2) is 55.5 Å². The van der Waals surface area contributed by atoms with Crippen molar-refractivity contribution in [1.29, 1.82) is 0 Å². The zero-order chi connectivity index (χ0) is 14.4. The van der Waals surface area contributed by atoms with Gasteiger partial charge in [-0.25, -0.2) is 0 Å². The van der Waals surface area contributed by atoms with E-state index in [-0.39, 0.29) is 5.91 Å². The van der Waals surface area contributed by atoms with E-state index in [0.717, 1.165) is 50.3 Å². The average molecular weight is 276 g/mol. The predicted octanol–water partition coefficient (Wildman–Crippen LogP) is 2.00. The largest absolute Gasteiger partial charge is 0.380 e. The molecule has 0 N–H and O–H groups in total. The number of likely N-dealkylation sites (N-methyl/N-ethyl adjacent to an activating group) is 1. The molecule has 2 rings (SSSR count). The van der Waals surface area contributed by atoms with Gasteiger partial charge in [-0.1, -0.05) is 25.1 Å². The summed E-state index contributed by atoms with van der Waals surface area (Å²) in [5.41, 5.74) is 1.75. The second-order valence-corrected chi connectivity index (χ2v) is 5.17. The summed E-state index contributed by atoms with van der Waals surface area (Å²) in [6, 6.07) is 7.74. The van der Waals surface area contributed by atoms with Crippen LogP contribution in [0.1, 0.15) is 29.3 Å². The molecular formula is C16H24N2O2. The van der Waals surface area contributed by atoms with E-state index in [9.17, 15) is 4.79 Å². The Morgan fingerprint density at radius 1 is 1.20 bits per heavy atom. The van der Waals surface area contributed by atoms with Gasteiger partial charge in [-0.15, -0.1) is 0 Å². The summed E-state index contributed by atoms with van der Waals surface area (Å²) in [7, 11) is 1.66. The second-order valence-electron chi connectivity index (χ2n) is 5.17. The van der Waals surface area contributed by atoms with Crippen molar-refractivity contribution < 1.29 is 9.53 Å². The molecule has 1 amide bonds. The van der Waals surface area contributed by atoms with Crippen molar-refractivity contribution in [2.75, 3.05) is 39.8 Å². The Labute approximate surface area is 121 Å². The molecule has 0 radical (unpaired) electrons. The van der Waals surface area contributed by atoms with E-state index in [1.165, 1.54) is 0 Å². The van der Waals surface area contributed by atoms with Gasteiger partial charge in [0, 0.05) is 32.3 Å². The number of nitrogens with zero attached hydrogens (tertiary/aromatic N) is 2. The zero-order valence-corrected chi connectivity index (χ0v) is 12.5. The van der Waals surface area contributed by atoms with Gasteiger partial charge in [-0.05, 0) is 31.1 Å². The maximum Gasteiger partial charge on any atom is 0.254 e. The Balaban J connectivity index is 2.10. The van der Waals surface area contributed by atoms with Crippen molar-refractivity contribution in [2.24, 2.45) is 0 Å². The third-order valence-electron chi connectivity index (χ3n) is 3.87. The number of carbonyl (C=O) groups is 1. The first-order chi connectivity index (χ1) is 9.76. The minimum Gasteiger partial charge on any atom is -0.380 e. The van der Waals surface area contributed by atoms with E-state index >= 15 is 0 Å². The molecule has 0 spiro atoms. The van der Waals surface area contributed by atoms with Gasteiger partial charge in [-0.3, -0.25) is 4.79 Å². The van der Waals surface area contributed by atoms with Crippen LogP contribution in [0.25, 0.3) is 0 Å². The summed E-state index contributed by atoms with van der Waals surface area (Å²) in [6.07, 6.45) is 1.05. The smallest absolute Gasteiger partial charge is 0.254 e. The molecule has 0 bridgehead atoms.